The number of carboxylic acids is 1. The summed E-state index contributed by atoms with van der Waals surface area (Å²) >= 11 is 1.59. The topological polar surface area (TPSA) is 55.8 Å². The molecule has 0 atom stereocenters. The van der Waals surface area contributed by atoms with Gasteiger partial charge in [-0.1, -0.05) is 0 Å². The van der Waals surface area contributed by atoms with Gasteiger partial charge in [0.2, 0.25) is 5.79 Å². The van der Waals surface area contributed by atoms with Crippen molar-refractivity contribution in [3.8, 4) is 0 Å². The number of thioether (sulfide) groups is 1. The Morgan fingerprint density at radius 2 is 2.12 bits per heavy atom. The van der Waals surface area contributed by atoms with Crippen molar-refractivity contribution >= 4 is 17.7 Å². The summed E-state index contributed by atoms with van der Waals surface area (Å²) < 4.78 is 11.4. The van der Waals surface area contributed by atoms with Crippen molar-refractivity contribution in [2.24, 2.45) is 0 Å². The zero-order valence-corrected chi connectivity index (χ0v) is 10.2. The smallest absolute Gasteiger partial charge is 0.335 e. The van der Waals surface area contributed by atoms with Gasteiger partial charge in [-0.3, -0.25) is 0 Å². The fourth-order valence-electron chi connectivity index (χ4n) is 2.28. The second kappa shape index (κ2) is 3.73. The van der Waals surface area contributed by atoms with E-state index in [9.17, 15) is 4.79 Å². The minimum atomic E-state index is -0.889. The highest BCUT2D eigenvalue weighted by molar-refractivity contribution is 7.99. The number of fused-ring (bicyclic) bond motifs is 2. The van der Waals surface area contributed by atoms with Crippen LogP contribution in [-0.2, 0) is 15.3 Å². The number of carboxylic acid groups (broad SMARTS) is 1. The van der Waals surface area contributed by atoms with E-state index in [1.165, 1.54) is 0 Å². The number of aromatic carboxylic acids is 1. The van der Waals surface area contributed by atoms with Crippen LogP contribution in [0.2, 0.25) is 0 Å². The molecule has 0 amide bonds. The molecule has 1 aromatic carbocycles. The average Bonchev–Trinajstić information content (AvgIpc) is 2.88. The molecule has 0 radical (unpaired) electrons. The molecule has 1 fully saturated rings. The monoisotopic (exact) mass is 252 g/mol. The van der Waals surface area contributed by atoms with Gasteiger partial charge in [0.15, 0.2) is 0 Å². The SMILES string of the molecule is Cc1cc2c(cc1C(=O)O)SCC21OCCO1. The standard InChI is InChI=1S/C12H12O4S/c1-7-4-9-10(5-8(7)11(13)14)17-6-12(9)15-2-3-16-12/h4-5H,2-3,6H2,1H3,(H,13,14). The van der Waals surface area contributed by atoms with Gasteiger partial charge in [-0.2, -0.15) is 0 Å². The summed E-state index contributed by atoms with van der Waals surface area (Å²) in [6.07, 6.45) is 0. The van der Waals surface area contributed by atoms with Gasteiger partial charge in [0.25, 0.3) is 0 Å². The molecule has 0 aromatic heterocycles. The van der Waals surface area contributed by atoms with E-state index in [1.54, 1.807) is 24.8 Å². The van der Waals surface area contributed by atoms with Gasteiger partial charge in [-0.15, -0.1) is 11.8 Å². The average molecular weight is 252 g/mol. The number of ether oxygens (including phenoxy) is 2. The molecule has 1 spiro atoms. The Labute approximate surface area is 103 Å². The minimum absolute atomic E-state index is 0.353. The van der Waals surface area contributed by atoms with E-state index in [-0.39, 0.29) is 0 Å². The van der Waals surface area contributed by atoms with Crippen molar-refractivity contribution in [2.75, 3.05) is 19.0 Å². The van der Waals surface area contributed by atoms with Crippen LogP contribution in [0, 0.1) is 6.92 Å². The molecule has 2 heterocycles. The lowest BCUT2D eigenvalue weighted by molar-refractivity contribution is -0.144. The van der Waals surface area contributed by atoms with Gasteiger partial charge in [-0.05, 0) is 24.6 Å². The van der Waals surface area contributed by atoms with Crippen molar-refractivity contribution in [3.05, 3.63) is 28.8 Å². The molecule has 90 valence electrons. The van der Waals surface area contributed by atoms with Crippen molar-refractivity contribution in [2.45, 2.75) is 17.6 Å². The molecule has 2 aliphatic rings. The van der Waals surface area contributed by atoms with Crippen molar-refractivity contribution in [1.29, 1.82) is 0 Å². The number of benzene rings is 1. The normalized spacial score (nSPS) is 20.8. The Hall–Kier alpha value is -1.04. The Kier molecular flexibility index (Phi) is 2.43. The third kappa shape index (κ3) is 1.57. The summed E-state index contributed by atoms with van der Waals surface area (Å²) in [6.45, 7) is 2.99. The third-order valence-corrected chi connectivity index (χ3v) is 4.31. The van der Waals surface area contributed by atoms with Crippen LogP contribution >= 0.6 is 11.8 Å². The van der Waals surface area contributed by atoms with Gasteiger partial charge in [0, 0.05) is 10.5 Å². The molecule has 0 bridgehead atoms. The zero-order valence-electron chi connectivity index (χ0n) is 9.36. The van der Waals surface area contributed by atoms with E-state index in [0.717, 1.165) is 16.0 Å². The van der Waals surface area contributed by atoms with Crippen molar-refractivity contribution in [3.63, 3.8) is 0 Å². The third-order valence-electron chi connectivity index (χ3n) is 3.14. The summed E-state index contributed by atoms with van der Waals surface area (Å²) in [5.41, 5.74) is 2.08. The first kappa shape index (κ1) is 11.1. The fourth-order valence-corrected chi connectivity index (χ4v) is 3.52. The molecule has 2 aliphatic heterocycles. The molecule has 0 unspecified atom stereocenters. The predicted octanol–water partition coefficient (Wildman–Crippen LogP) is 2.00. The van der Waals surface area contributed by atoms with Crippen LogP contribution in [0.25, 0.3) is 0 Å². The van der Waals surface area contributed by atoms with Gasteiger partial charge in [0.05, 0.1) is 24.5 Å². The Balaban J connectivity index is 2.11. The quantitative estimate of drug-likeness (QED) is 0.828. The van der Waals surface area contributed by atoms with Crippen LogP contribution in [0.5, 0.6) is 0 Å². The fraction of sp³-hybridized carbons (Fsp3) is 0.417. The first-order valence-electron chi connectivity index (χ1n) is 5.41. The number of hydrogen-bond acceptors (Lipinski definition) is 4. The Morgan fingerprint density at radius 1 is 1.41 bits per heavy atom. The molecule has 4 nitrogen and oxygen atoms in total. The van der Waals surface area contributed by atoms with Crippen LogP contribution in [0.15, 0.2) is 17.0 Å². The van der Waals surface area contributed by atoms with E-state index < -0.39 is 11.8 Å². The Morgan fingerprint density at radius 3 is 2.76 bits per heavy atom. The highest BCUT2D eigenvalue weighted by Crippen LogP contribution is 2.48. The lowest BCUT2D eigenvalue weighted by Crippen LogP contribution is -2.26. The predicted molar refractivity (Wildman–Crippen MR) is 62.4 cm³/mol. The number of hydrogen-bond donors (Lipinski definition) is 1. The van der Waals surface area contributed by atoms with Crippen molar-refractivity contribution < 1.29 is 19.4 Å². The number of carbonyl (C=O) groups is 1. The Bertz CT molecular complexity index is 492. The molecule has 1 saturated heterocycles. The molecule has 1 aromatic rings. The second-order valence-corrected chi connectivity index (χ2v) is 5.22. The van der Waals surface area contributed by atoms with E-state index in [0.29, 0.717) is 24.5 Å². The lowest BCUT2D eigenvalue weighted by Gasteiger charge is -2.22. The van der Waals surface area contributed by atoms with Crippen LogP contribution < -0.4 is 0 Å². The van der Waals surface area contributed by atoms with Gasteiger partial charge in [0.1, 0.15) is 0 Å². The summed E-state index contributed by atoms with van der Waals surface area (Å²) in [5, 5.41) is 9.08. The van der Waals surface area contributed by atoms with Crippen molar-refractivity contribution in [1.82, 2.24) is 0 Å². The number of aryl methyl sites for hydroxylation is 1. The maximum atomic E-state index is 11.1. The van der Waals surface area contributed by atoms with Crippen LogP contribution in [-0.4, -0.2) is 30.0 Å². The lowest BCUT2D eigenvalue weighted by atomic mass is 10.0. The maximum absolute atomic E-state index is 11.1. The summed E-state index contributed by atoms with van der Waals surface area (Å²) in [5.74, 6) is -0.827. The first-order chi connectivity index (χ1) is 8.12. The minimum Gasteiger partial charge on any atom is -0.478 e. The number of rotatable bonds is 1. The van der Waals surface area contributed by atoms with E-state index in [1.807, 2.05) is 6.07 Å². The van der Waals surface area contributed by atoms with Gasteiger partial charge < -0.3 is 14.6 Å². The van der Waals surface area contributed by atoms with Crippen LogP contribution in [0.1, 0.15) is 21.5 Å². The summed E-state index contributed by atoms with van der Waals surface area (Å²) in [7, 11) is 0. The molecule has 3 rings (SSSR count). The second-order valence-electron chi connectivity index (χ2n) is 4.21. The molecular weight excluding hydrogens is 240 g/mol. The van der Waals surface area contributed by atoms with E-state index in [2.05, 4.69) is 0 Å². The van der Waals surface area contributed by atoms with Crippen LogP contribution in [0.3, 0.4) is 0 Å². The molecule has 1 N–H and O–H groups in total. The molecule has 17 heavy (non-hydrogen) atoms. The highest BCUT2D eigenvalue weighted by Gasteiger charge is 2.45. The zero-order chi connectivity index (χ0) is 12.0. The molecular formula is C12H12O4S. The molecule has 0 saturated carbocycles. The summed E-state index contributed by atoms with van der Waals surface area (Å²) in [6, 6.07) is 3.60. The first-order valence-corrected chi connectivity index (χ1v) is 6.40. The highest BCUT2D eigenvalue weighted by atomic mass is 32.2. The maximum Gasteiger partial charge on any atom is 0.335 e. The summed E-state index contributed by atoms with van der Waals surface area (Å²) in [4.78, 5) is 12.0. The van der Waals surface area contributed by atoms with Crippen LogP contribution in [0.4, 0.5) is 0 Å². The molecule has 5 heteroatoms. The van der Waals surface area contributed by atoms with Gasteiger partial charge >= 0.3 is 5.97 Å². The largest absolute Gasteiger partial charge is 0.478 e. The molecule has 0 aliphatic carbocycles. The van der Waals surface area contributed by atoms with E-state index in [4.69, 9.17) is 14.6 Å². The van der Waals surface area contributed by atoms with E-state index >= 15 is 0 Å². The van der Waals surface area contributed by atoms with Gasteiger partial charge in [-0.25, -0.2) is 4.79 Å².